The fraction of sp³-hybridized carbons (Fsp3) is 0.571. The molecule has 5 heteroatoms. The van der Waals surface area contributed by atoms with Crippen LogP contribution in [-0.4, -0.2) is 47.6 Å². The van der Waals surface area contributed by atoms with Crippen LogP contribution in [0.25, 0.3) is 0 Å². The Balaban J connectivity index is 2.11. The van der Waals surface area contributed by atoms with Crippen LogP contribution in [0.5, 0.6) is 0 Å². The van der Waals surface area contributed by atoms with Gasteiger partial charge >= 0.3 is 0 Å². The summed E-state index contributed by atoms with van der Waals surface area (Å²) in [4.78, 5) is 19.1. The summed E-state index contributed by atoms with van der Waals surface area (Å²) >= 11 is 0. The Morgan fingerprint density at radius 3 is 2.63 bits per heavy atom. The van der Waals surface area contributed by atoms with Crippen LogP contribution in [-0.2, 0) is 4.79 Å². The van der Waals surface area contributed by atoms with E-state index < -0.39 is 6.10 Å². The second-order valence-electron chi connectivity index (χ2n) is 4.96. The van der Waals surface area contributed by atoms with Crippen molar-refractivity contribution in [2.24, 2.45) is 0 Å². The van der Waals surface area contributed by atoms with Crippen molar-refractivity contribution in [1.29, 1.82) is 0 Å². The molecule has 0 radical (unpaired) electrons. The largest absolute Gasteiger partial charge is 0.388 e. The van der Waals surface area contributed by atoms with Crippen LogP contribution in [0.2, 0.25) is 0 Å². The van der Waals surface area contributed by atoms with Gasteiger partial charge in [0.1, 0.15) is 5.82 Å². The number of carbonyl (C=O) groups is 1. The number of anilines is 1. The molecule has 1 aliphatic heterocycles. The molecule has 104 valence electrons. The van der Waals surface area contributed by atoms with E-state index in [1.807, 2.05) is 19.9 Å². The molecule has 1 aromatic rings. The van der Waals surface area contributed by atoms with Crippen molar-refractivity contribution in [3.05, 3.63) is 23.4 Å². The fourth-order valence-corrected chi connectivity index (χ4v) is 2.38. The van der Waals surface area contributed by atoms with Gasteiger partial charge in [-0.1, -0.05) is 6.92 Å². The van der Waals surface area contributed by atoms with Crippen LogP contribution in [0, 0.1) is 6.92 Å². The molecule has 1 fully saturated rings. The van der Waals surface area contributed by atoms with E-state index in [-0.39, 0.29) is 0 Å². The van der Waals surface area contributed by atoms with Gasteiger partial charge in [0, 0.05) is 32.4 Å². The molecule has 0 aliphatic carbocycles. The summed E-state index contributed by atoms with van der Waals surface area (Å²) in [5, 5.41) is 9.82. The first-order valence-corrected chi connectivity index (χ1v) is 6.74. The molecule has 1 saturated heterocycles. The van der Waals surface area contributed by atoms with Gasteiger partial charge in [-0.15, -0.1) is 0 Å². The van der Waals surface area contributed by atoms with Gasteiger partial charge in [-0.05, 0) is 30.5 Å². The monoisotopic (exact) mass is 263 g/mol. The van der Waals surface area contributed by atoms with Crippen molar-refractivity contribution in [1.82, 2.24) is 9.88 Å². The van der Waals surface area contributed by atoms with Gasteiger partial charge in [0.15, 0.2) is 0 Å². The van der Waals surface area contributed by atoms with Crippen LogP contribution < -0.4 is 4.90 Å². The first-order valence-electron chi connectivity index (χ1n) is 6.74. The van der Waals surface area contributed by atoms with Crippen LogP contribution in [0.3, 0.4) is 0 Å². The first kappa shape index (κ1) is 13.8. The molecule has 1 N–H and O–H groups in total. The molecule has 0 bridgehead atoms. The first-order chi connectivity index (χ1) is 9.15. The highest BCUT2D eigenvalue weighted by Gasteiger charge is 2.18. The molecular formula is C14H21N3O2. The molecule has 1 amide bonds. The molecule has 2 heterocycles. The zero-order valence-corrected chi connectivity index (χ0v) is 11.5. The zero-order valence-electron chi connectivity index (χ0n) is 11.5. The average molecular weight is 263 g/mol. The standard InChI is InChI=1S/C14H21N3O2/c1-3-13(19)12-8-11(2)14(15-9-12)17-6-4-16(10-18)5-7-17/h8-10,13,19H,3-7H2,1-2H3/t13-/m0/s1. The third-order valence-corrected chi connectivity index (χ3v) is 3.61. The van der Waals surface area contributed by atoms with E-state index in [1.54, 1.807) is 11.1 Å². The predicted octanol–water partition coefficient (Wildman–Crippen LogP) is 1.11. The number of hydrogen-bond acceptors (Lipinski definition) is 4. The number of pyridine rings is 1. The Morgan fingerprint density at radius 2 is 2.11 bits per heavy atom. The third kappa shape index (κ3) is 3.04. The Kier molecular flexibility index (Phi) is 4.37. The summed E-state index contributed by atoms with van der Waals surface area (Å²) in [6.45, 7) is 7.06. The second-order valence-corrected chi connectivity index (χ2v) is 4.96. The second kappa shape index (κ2) is 6.02. The van der Waals surface area contributed by atoms with Crippen LogP contribution >= 0.6 is 0 Å². The molecule has 2 rings (SSSR count). The number of hydrogen-bond donors (Lipinski definition) is 1. The Labute approximate surface area is 113 Å². The number of rotatable bonds is 4. The smallest absolute Gasteiger partial charge is 0.209 e. The van der Waals surface area contributed by atoms with Crippen molar-refractivity contribution in [3.63, 3.8) is 0 Å². The number of aryl methyl sites for hydroxylation is 1. The normalized spacial score (nSPS) is 17.4. The van der Waals surface area contributed by atoms with Gasteiger partial charge in [0.2, 0.25) is 6.41 Å². The maximum Gasteiger partial charge on any atom is 0.209 e. The molecule has 0 unspecified atom stereocenters. The lowest BCUT2D eigenvalue weighted by Gasteiger charge is -2.34. The molecular weight excluding hydrogens is 242 g/mol. The van der Waals surface area contributed by atoms with Gasteiger partial charge in [-0.2, -0.15) is 0 Å². The number of piperazine rings is 1. The van der Waals surface area contributed by atoms with E-state index >= 15 is 0 Å². The van der Waals surface area contributed by atoms with Crippen molar-refractivity contribution in [2.45, 2.75) is 26.4 Å². The number of aromatic nitrogens is 1. The number of carbonyl (C=O) groups excluding carboxylic acids is 1. The van der Waals surface area contributed by atoms with Crippen molar-refractivity contribution >= 4 is 12.2 Å². The molecule has 19 heavy (non-hydrogen) atoms. The van der Waals surface area contributed by atoms with E-state index in [9.17, 15) is 9.90 Å². The fourth-order valence-electron chi connectivity index (χ4n) is 2.38. The van der Waals surface area contributed by atoms with E-state index in [0.717, 1.165) is 49.5 Å². The van der Waals surface area contributed by atoms with Crippen molar-refractivity contribution in [2.75, 3.05) is 31.1 Å². The molecule has 0 saturated carbocycles. The van der Waals surface area contributed by atoms with Gasteiger partial charge in [-0.25, -0.2) is 4.98 Å². The van der Waals surface area contributed by atoms with Crippen LogP contribution in [0.4, 0.5) is 5.82 Å². The predicted molar refractivity (Wildman–Crippen MR) is 74.1 cm³/mol. The molecule has 1 atom stereocenters. The van der Waals surface area contributed by atoms with E-state index in [0.29, 0.717) is 6.42 Å². The number of aliphatic hydroxyl groups excluding tert-OH is 1. The lowest BCUT2D eigenvalue weighted by molar-refractivity contribution is -0.118. The maximum absolute atomic E-state index is 10.7. The van der Waals surface area contributed by atoms with Crippen molar-refractivity contribution < 1.29 is 9.90 Å². The van der Waals surface area contributed by atoms with Gasteiger partial charge in [0.25, 0.3) is 0 Å². The number of amides is 1. The van der Waals surface area contributed by atoms with Gasteiger partial charge < -0.3 is 14.9 Å². The SMILES string of the molecule is CC[C@H](O)c1cnc(N2CCN(C=O)CC2)c(C)c1. The Bertz CT molecular complexity index is 442. The molecule has 1 aromatic heterocycles. The lowest BCUT2D eigenvalue weighted by Crippen LogP contribution is -2.46. The highest BCUT2D eigenvalue weighted by atomic mass is 16.3. The van der Waals surface area contributed by atoms with E-state index in [1.165, 1.54) is 0 Å². The summed E-state index contributed by atoms with van der Waals surface area (Å²) in [5.74, 6) is 0.956. The van der Waals surface area contributed by atoms with E-state index in [2.05, 4.69) is 9.88 Å². The summed E-state index contributed by atoms with van der Waals surface area (Å²) < 4.78 is 0. The Morgan fingerprint density at radius 1 is 1.42 bits per heavy atom. The van der Waals surface area contributed by atoms with E-state index in [4.69, 9.17) is 0 Å². The minimum Gasteiger partial charge on any atom is -0.388 e. The summed E-state index contributed by atoms with van der Waals surface area (Å²) in [6.07, 6.45) is 2.91. The summed E-state index contributed by atoms with van der Waals surface area (Å²) in [6, 6.07) is 2.00. The quantitative estimate of drug-likeness (QED) is 0.827. The summed E-state index contributed by atoms with van der Waals surface area (Å²) in [7, 11) is 0. The molecule has 5 nitrogen and oxygen atoms in total. The maximum atomic E-state index is 10.7. The minimum atomic E-state index is -0.438. The number of nitrogens with zero attached hydrogens (tertiary/aromatic N) is 3. The molecule has 0 aromatic carbocycles. The van der Waals surface area contributed by atoms with Gasteiger partial charge in [-0.3, -0.25) is 4.79 Å². The van der Waals surface area contributed by atoms with Gasteiger partial charge in [0.05, 0.1) is 6.10 Å². The highest BCUT2D eigenvalue weighted by Crippen LogP contribution is 2.23. The topological polar surface area (TPSA) is 56.7 Å². The summed E-state index contributed by atoms with van der Waals surface area (Å²) in [5.41, 5.74) is 1.94. The molecule has 1 aliphatic rings. The van der Waals surface area contributed by atoms with Crippen molar-refractivity contribution in [3.8, 4) is 0 Å². The Hall–Kier alpha value is -1.62. The number of aliphatic hydroxyl groups is 1. The van der Waals surface area contributed by atoms with Crippen LogP contribution in [0.15, 0.2) is 12.3 Å². The highest BCUT2D eigenvalue weighted by molar-refractivity contribution is 5.51. The zero-order chi connectivity index (χ0) is 13.8. The minimum absolute atomic E-state index is 0.438. The van der Waals surface area contributed by atoms with Crippen LogP contribution in [0.1, 0.15) is 30.6 Å². The average Bonchev–Trinajstić information content (AvgIpc) is 2.46. The lowest BCUT2D eigenvalue weighted by atomic mass is 10.1. The molecule has 0 spiro atoms. The third-order valence-electron chi connectivity index (χ3n) is 3.61.